The Morgan fingerprint density at radius 2 is 2.06 bits per heavy atom. The molecule has 0 spiro atoms. The van der Waals surface area contributed by atoms with Crippen LogP contribution in [0.3, 0.4) is 0 Å². The molecule has 0 aliphatic rings. The van der Waals surface area contributed by atoms with Gasteiger partial charge >= 0.3 is 6.18 Å². The van der Waals surface area contributed by atoms with Gasteiger partial charge in [-0.2, -0.15) is 13.2 Å². The van der Waals surface area contributed by atoms with Gasteiger partial charge in [-0.05, 0) is 18.2 Å². The lowest BCUT2D eigenvalue weighted by Gasteiger charge is -2.07. The molecule has 2 aromatic rings. The van der Waals surface area contributed by atoms with Gasteiger partial charge in [-0.3, -0.25) is 0 Å². The Bertz CT molecular complexity index is 566. The summed E-state index contributed by atoms with van der Waals surface area (Å²) in [6.45, 7) is 0. The number of alkyl halides is 3. The molecule has 2 rings (SSSR count). The van der Waals surface area contributed by atoms with E-state index < -0.39 is 11.9 Å². The van der Waals surface area contributed by atoms with Crippen LogP contribution in [0.5, 0.6) is 5.75 Å². The summed E-state index contributed by atoms with van der Waals surface area (Å²) in [5, 5.41) is 0. The van der Waals surface area contributed by atoms with Crippen molar-refractivity contribution >= 4 is 15.9 Å². The Kier molecular flexibility index (Phi) is 3.34. The highest BCUT2D eigenvalue weighted by Crippen LogP contribution is 2.33. The molecule has 7 heteroatoms. The molecule has 1 heterocycles. The zero-order valence-electron chi connectivity index (χ0n) is 9.18. The second-order valence-corrected chi connectivity index (χ2v) is 4.40. The second-order valence-electron chi connectivity index (χ2n) is 3.49. The van der Waals surface area contributed by atoms with Crippen LogP contribution in [0.4, 0.5) is 13.2 Å². The quantitative estimate of drug-likeness (QED) is 0.912. The molecule has 3 nitrogen and oxygen atoms in total. The lowest BCUT2D eigenvalue weighted by atomic mass is 10.2. The van der Waals surface area contributed by atoms with Crippen molar-refractivity contribution in [2.75, 3.05) is 7.11 Å². The molecule has 18 heavy (non-hydrogen) atoms. The smallest absolute Gasteiger partial charge is 0.432 e. The molecule has 0 aliphatic carbocycles. The zero-order valence-corrected chi connectivity index (χ0v) is 10.8. The third kappa shape index (κ3) is 2.50. The number of methoxy groups -OCH3 is 1. The molecule has 0 unspecified atom stereocenters. The van der Waals surface area contributed by atoms with Gasteiger partial charge in [0, 0.05) is 4.47 Å². The fourth-order valence-electron chi connectivity index (χ4n) is 1.47. The van der Waals surface area contributed by atoms with Crippen molar-refractivity contribution in [3.05, 3.63) is 34.6 Å². The van der Waals surface area contributed by atoms with Gasteiger partial charge in [0.25, 0.3) is 0 Å². The van der Waals surface area contributed by atoms with Gasteiger partial charge in [0.1, 0.15) is 17.3 Å². The van der Waals surface area contributed by atoms with Crippen molar-refractivity contribution in [2.45, 2.75) is 6.18 Å². The van der Waals surface area contributed by atoms with Gasteiger partial charge in [-0.15, -0.1) is 0 Å². The minimum atomic E-state index is -4.44. The second kappa shape index (κ2) is 4.64. The van der Waals surface area contributed by atoms with E-state index >= 15 is 0 Å². The number of hydrogen-bond donors (Lipinski definition) is 1. The van der Waals surface area contributed by atoms with Crippen LogP contribution >= 0.6 is 15.9 Å². The van der Waals surface area contributed by atoms with Crippen LogP contribution in [0.2, 0.25) is 0 Å². The highest BCUT2D eigenvalue weighted by atomic mass is 79.9. The van der Waals surface area contributed by atoms with Gasteiger partial charge in [-0.25, -0.2) is 4.98 Å². The molecule has 0 fully saturated rings. The molecule has 0 saturated carbocycles. The van der Waals surface area contributed by atoms with Crippen molar-refractivity contribution in [1.29, 1.82) is 0 Å². The number of halogens is 4. The number of hydrogen-bond acceptors (Lipinski definition) is 2. The number of benzene rings is 1. The summed E-state index contributed by atoms with van der Waals surface area (Å²) >= 11 is 3.25. The maximum atomic E-state index is 12.5. The number of nitrogens with one attached hydrogen (secondary N) is 1. The number of H-pyrrole nitrogens is 1. The Balaban J connectivity index is 2.49. The standard InChI is InChI=1S/C11H8BrF3N2O/c1-18-8-3-2-6(12)4-7(8)10-16-5-9(17-10)11(13,14)15/h2-5H,1H3,(H,16,17). The number of rotatable bonds is 2. The van der Waals surface area contributed by atoms with Crippen LogP contribution in [-0.4, -0.2) is 17.1 Å². The Labute approximate surface area is 109 Å². The van der Waals surface area contributed by atoms with Crippen molar-refractivity contribution in [1.82, 2.24) is 9.97 Å². The van der Waals surface area contributed by atoms with Gasteiger partial charge in [0.15, 0.2) is 0 Å². The van der Waals surface area contributed by atoms with E-state index in [0.717, 1.165) is 10.7 Å². The van der Waals surface area contributed by atoms with Gasteiger partial charge in [-0.1, -0.05) is 15.9 Å². The van der Waals surface area contributed by atoms with Crippen molar-refractivity contribution in [3.63, 3.8) is 0 Å². The summed E-state index contributed by atoms with van der Waals surface area (Å²) in [4.78, 5) is 5.96. The van der Waals surface area contributed by atoms with Crippen LogP contribution < -0.4 is 4.74 Å². The van der Waals surface area contributed by atoms with E-state index in [4.69, 9.17) is 4.74 Å². The first kappa shape index (κ1) is 12.9. The van der Waals surface area contributed by atoms with Gasteiger partial charge in [0.2, 0.25) is 0 Å². The highest BCUT2D eigenvalue weighted by molar-refractivity contribution is 9.10. The van der Waals surface area contributed by atoms with E-state index in [0.29, 0.717) is 11.3 Å². The van der Waals surface area contributed by atoms with Crippen LogP contribution in [0.15, 0.2) is 28.9 Å². The van der Waals surface area contributed by atoms with Crippen molar-refractivity contribution < 1.29 is 17.9 Å². The topological polar surface area (TPSA) is 37.9 Å². The first-order valence-corrected chi connectivity index (χ1v) is 5.67. The first-order chi connectivity index (χ1) is 8.41. The molecule has 0 bridgehead atoms. The minimum absolute atomic E-state index is 0.112. The van der Waals surface area contributed by atoms with Crippen LogP contribution in [-0.2, 0) is 6.18 Å². The molecule has 1 aromatic carbocycles. The average Bonchev–Trinajstić information content (AvgIpc) is 2.77. The zero-order chi connectivity index (χ0) is 13.3. The lowest BCUT2D eigenvalue weighted by molar-refractivity contribution is -0.140. The predicted octanol–water partition coefficient (Wildman–Crippen LogP) is 3.87. The van der Waals surface area contributed by atoms with E-state index in [1.165, 1.54) is 7.11 Å². The Morgan fingerprint density at radius 1 is 1.33 bits per heavy atom. The predicted molar refractivity (Wildman–Crippen MR) is 63.3 cm³/mol. The monoisotopic (exact) mass is 320 g/mol. The molecule has 1 N–H and O–H groups in total. The number of aromatic nitrogens is 2. The summed E-state index contributed by atoms with van der Waals surface area (Å²) in [6.07, 6.45) is -3.68. The van der Waals surface area contributed by atoms with Crippen molar-refractivity contribution in [3.8, 4) is 17.1 Å². The number of nitrogens with zero attached hydrogens (tertiary/aromatic N) is 1. The number of imidazole rings is 1. The first-order valence-electron chi connectivity index (χ1n) is 4.88. The number of ether oxygens (including phenoxy) is 1. The summed E-state index contributed by atoms with van der Waals surface area (Å²) < 4.78 is 43.2. The lowest BCUT2D eigenvalue weighted by Crippen LogP contribution is -2.04. The molecule has 0 atom stereocenters. The molecule has 0 aliphatic heterocycles. The van der Waals surface area contributed by atoms with E-state index in [1.54, 1.807) is 18.2 Å². The fraction of sp³-hybridized carbons (Fsp3) is 0.182. The van der Waals surface area contributed by atoms with Gasteiger partial charge < -0.3 is 9.72 Å². The largest absolute Gasteiger partial charge is 0.496 e. The third-order valence-corrected chi connectivity index (χ3v) is 2.79. The molecule has 96 valence electrons. The molecular formula is C11H8BrF3N2O. The van der Waals surface area contributed by atoms with Crippen LogP contribution in [0, 0.1) is 0 Å². The van der Waals surface area contributed by atoms with E-state index in [9.17, 15) is 13.2 Å². The maximum absolute atomic E-state index is 12.5. The molecule has 1 aromatic heterocycles. The average molecular weight is 321 g/mol. The summed E-state index contributed by atoms with van der Waals surface area (Å²) in [7, 11) is 1.44. The number of aromatic amines is 1. The van der Waals surface area contributed by atoms with Crippen molar-refractivity contribution in [2.24, 2.45) is 0 Å². The summed E-state index contributed by atoms with van der Waals surface area (Å²) in [5.74, 6) is 0.557. The van der Waals surface area contributed by atoms with Crippen LogP contribution in [0.1, 0.15) is 5.69 Å². The minimum Gasteiger partial charge on any atom is -0.496 e. The molecule has 0 amide bonds. The summed E-state index contributed by atoms with van der Waals surface area (Å²) in [6, 6.07) is 5.02. The normalized spacial score (nSPS) is 11.6. The van der Waals surface area contributed by atoms with Crippen LogP contribution in [0.25, 0.3) is 11.4 Å². The third-order valence-electron chi connectivity index (χ3n) is 2.30. The molecule has 0 radical (unpaired) electrons. The molecule has 0 saturated heterocycles. The Hall–Kier alpha value is -1.50. The fourth-order valence-corrected chi connectivity index (χ4v) is 1.83. The van der Waals surface area contributed by atoms with E-state index in [-0.39, 0.29) is 5.82 Å². The highest BCUT2D eigenvalue weighted by Gasteiger charge is 2.33. The molecular weight excluding hydrogens is 313 g/mol. The maximum Gasteiger partial charge on any atom is 0.432 e. The van der Waals surface area contributed by atoms with E-state index in [1.807, 2.05) is 0 Å². The SMILES string of the molecule is COc1ccc(Br)cc1-c1ncc(C(F)(F)F)[nH]1. The van der Waals surface area contributed by atoms with Gasteiger partial charge in [0.05, 0.1) is 18.9 Å². The Morgan fingerprint density at radius 3 is 2.61 bits per heavy atom. The summed E-state index contributed by atoms with van der Waals surface area (Å²) in [5.41, 5.74) is -0.429. The van der Waals surface area contributed by atoms with E-state index in [2.05, 4.69) is 25.9 Å².